The van der Waals surface area contributed by atoms with Gasteiger partial charge in [0.1, 0.15) is 11.6 Å². The molecular formula is C23H25F3N4O. The molecule has 0 aliphatic carbocycles. The first kappa shape index (κ1) is 20.3. The Bertz CT molecular complexity index is 1100. The fourth-order valence-corrected chi connectivity index (χ4v) is 4.99. The third-order valence-corrected chi connectivity index (χ3v) is 6.59. The number of benzene rings is 1. The van der Waals surface area contributed by atoms with Crippen LogP contribution in [0.15, 0.2) is 30.5 Å². The second kappa shape index (κ2) is 7.82. The topological polar surface area (TPSA) is 43.2 Å². The lowest BCUT2D eigenvalue weighted by Crippen LogP contribution is -2.33. The van der Waals surface area contributed by atoms with Crippen LogP contribution >= 0.6 is 0 Å². The number of piperidine rings is 1. The van der Waals surface area contributed by atoms with E-state index in [1.54, 1.807) is 6.07 Å². The van der Waals surface area contributed by atoms with Crippen LogP contribution < -0.4 is 4.74 Å². The molecule has 0 bridgehead atoms. The highest BCUT2D eigenvalue weighted by Gasteiger charge is 2.32. The van der Waals surface area contributed by atoms with Crippen molar-refractivity contribution in [1.29, 1.82) is 0 Å². The fraction of sp³-hybridized carbons (Fsp3) is 0.478. The van der Waals surface area contributed by atoms with Crippen molar-refractivity contribution in [2.24, 2.45) is 0 Å². The summed E-state index contributed by atoms with van der Waals surface area (Å²) in [6.45, 7) is 3.49. The van der Waals surface area contributed by atoms with E-state index in [9.17, 15) is 13.2 Å². The Morgan fingerprint density at radius 2 is 1.94 bits per heavy atom. The lowest BCUT2D eigenvalue weighted by atomic mass is 9.88. The molecule has 0 unspecified atom stereocenters. The highest BCUT2D eigenvalue weighted by Crippen LogP contribution is 2.39. The summed E-state index contributed by atoms with van der Waals surface area (Å²) in [6, 6.07) is 5.95. The zero-order chi connectivity index (χ0) is 21.6. The van der Waals surface area contributed by atoms with Gasteiger partial charge in [-0.25, -0.2) is 9.97 Å². The molecule has 2 aliphatic rings. The quantitative estimate of drug-likeness (QED) is 0.599. The lowest BCUT2D eigenvalue weighted by molar-refractivity contribution is -0.137. The number of aryl methyl sites for hydroxylation is 2. The van der Waals surface area contributed by atoms with Gasteiger partial charge in [-0.15, -0.1) is 0 Å². The normalized spacial score (nSPS) is 17.9. The standard InChI is InChI=1S/C23H25F3N4O/c1-31-19-13-17(23(24,25)26)4-5-18(19)15-7-11-29(12-8-15)14-20-28-22-21-16(6-9-27-22)3-2-10-30(20)21/h4-6,9,13,15H,2-3,7-8,10-12,14H2,1H3/i1-1. The summed E-state index contributed by atoms with van der Waals surface area (Å²) in [5, 5.41) is 0. The number of likely N-dealkylation sites (tertiary alicyclic amines) is 1. The number of methoxy groups -OCH3 is 1. The number of hydrogen-bond donors (Lipinski definition) is 0. The van der Waals surface area contributed by atoms with E-state index in [0.717, 1.165) is 81.0 Å². The molecule has 1 saturated heterocycles. The van der Waals surface area contributed by atoms with Crippen molar-refractivity contribution >= 4 is 11.2 Å². The van der Waals surface area contributed by atoms with Gasteiger partial charge >= 0.3 is 6.18 Å². The van der Waals surface area contributed by atoms with E-state index in [1.807, 2.05) is 6.20 Å². The number of rotatable bonds is 4. The third-order valence-electron chi connectivity index (χ3n) is 6.59. The van der Waals surface area contributed by atoms with Crippen molar-refractivity contribution in [3.05, 3.63) is 53.0 Å². The van der Waals surface area contributed by atoms with Crippen LogP contribution in [0.25, 0.3) is 11.2 Å². The van der Waals surface area contributed by atoms with E-state index < -0.39 is 11.7 Å². The molecular weight excluding hydrogens is 404 g/mol. The molecule has 31 heavy (non-hydrogen) atoms. The minimum atomic E-state index is -4.36. The van der Waals surface area contributed by atoms with Gasteiger partial charge in [0.25, 0.3) is 0 Å². The first-order valence-corrected chi connectivity index (χ1v) is 10.7. The summed E-state index contributed by atoms with van der Waals surface area (Å²) in [4.78, 5) is 11.6. The molecule has 4 heterocycles. The van der Waals surface area contributed by atoms with Crippen LogP contribution in [0.3, 0.4) is 0 Å². The number of halogens is 3. The zero-order valence-electron chi connectivity index (χ0n) is 17.5. The smallest absolute Gasteiger partial charge is 0.416 e. The van der Waals surface area contributed by atoms with Crippen molar-refractivity contribution in [2.45, 2.75) is 50.9 Å². The van der Waals surface area contributed by atoms with E-state index in [-0.39, 0.29) is 5.92 Å². The second-order valence-corrected chi connectivity index (χ2v) is 8.43. The van der Waals surface area contributed by atoms with Gasteiger partial charge in [-0.2, -0.15) is 13.2 Å². The number of ether oxygens (including phenoxy) is 1. The van der Waals surface area contributed by atoms with Crippen molar-refractivity contribution in [1.82, 2.24) is 19.4 Å². The predicted molar refractivity (Wildman–Crippen MR) is 111 cm³/mol. The van der Waals surface area contributed by atoms with Crippen LogP contribution in [-0.2, 0) is 25.7 Å². The molecule has 0 radical (unpaired) electrons. The largest absolute Gasteiger partial charge is 0.496 e. The first-order valence-electron chi connectivity index (χ1n) is 10.7. The monoisotopic (exact) mass is 429 g/mol. The van der Waals surface area contributed by atoms with Crippen LogP contribution in [0.2, 0.25) is 0 Å². The maximum Gasteiger partial charge on any atom is 0.416 e. The molecule has 3 aromatic rings. The van der Waals surface area contributed by atoms with Gasteiger partial charge in [-0.1, -0.05) is 6.07 Å². The van der Waals surface area contributed by atoms with Gasteiger partial charge in [-0.05, 0) is 74.0 Å². The van der Waals surface area contributed by atoms with Crippen molar-refractivity contribution < 1.29 is 17.9 Å². The van der Waals surface area contributed by atoms with Gasteiger partial charge in [0.2, 0.25) is 0 Å². The Labute approximate surface area is 178 Å². The van der Waals surface area contributed by atoms with E-state index in [4.69, 9.17) is 9.72 Å². The van der Waals surface area contributed by atoms with Crippen LogP contribution in [0, 0.1) is 0 Å². The molecule has 2 aromatic heterocycles. The van der Waals surface area contributed by atoms with Gasteiger partial charge in [0.15, 0.2) is 5.65 Å². The summed E-state index contributed by atoms with van der Waals surface area (Å²) in [6.07, 6.45) is 1.43. The summed E-state index contributed by atoms with van der Waals surface area (Å²) in [5.41, 5.74) is 3.53. The van der Waals surface area contributed by atoms with E-state index in [2.05, 4.69) is 20.5 Å². The van der Waals surface area contributed by atoms with Gasteiger partial charge < -0.3 is 9.30 Å². The second-order valence-electron chi connectivity index (χ2n) is 8.43. The molecule has 5 nitrogen and oxygen atoms in total. The molecule has 8 heteroatoms. The van der Waals surface area contributed by atoms with E-state index in [0.29, 0.717) is 5.75 Å². The van der Waals surface area contributed by atoms with Crippen molar-refractivity contribution in [3.8, 4) is 5.75 Å². The Hall–Kier alpha value is -2.61. The van der Waals surface area contributed by atoms with Crippen molar-refractivity contribution in [3.63, 3.8) is 0 Å². The van der Waals surface area contributed by atoms with E-state index in [1.165, 1.54) is 18.2 Å². The molecule has 2 aliphatic heterocycles. The number of hydrogen-bond acceptors (Lipinski definition) is 4. The Morgan fingerprint density at radius 1 is 1.13 bits per heavy atom. The Balaban J connectivity index is 1.30. The lowest BCUT2D eigenvalue weighted by Gasteiger charge is -2.32. The molecule has 1 aromatic carbocycles. The molecule has 5 rings (SSSR count). The number of imidazole rings is 1. The molecule has 0 atom stereocenters. The zero-order valence-corrected chi connectivity index (χ0v) is 17.5. The van der Waals surface area contributed by atoms with Crippen LogP contribution in [0.1, 0.15) is 47.7 Å². The number of aromatic nitrogens is 3. The highest BCUT2D eigenvalue weighted by molar-refractivity contribution is 5.76. The minimum Gasteiger partial charge on any atom is -0.496 e. The number of pyridine rings is 1. The van der Waals surface area contributed by atoms with Crippen LogP contribution in [0.5, 0.6) is 5.75 Å². The Morgan fingerprint density at radius 3 is 2.68 bits per heavy atom. The summed E-state index contributed by atoms with van der Waals surface area (Å²) >= 11 is 0. The van der Waals surface area contributed by atoms with Gasteiger partial charge in [0.05, 0.1) is 24.7 Å². The predicted octanol–water partition coefficient (Wildman–Crippen LogP) is 4.78. The fourth-order valence-electron chi connectivity index (χ4n) is 4.99. The highest BCUT2D eigenvalue weighted by atomic mass is 19.4. The maximum absolute atomic E-state index is 13.0. The molecule has 0 N–H and O–H groups in total. The molecule has 0 amide bonds. The average Bonchev–Trinajstić information content (AvgIpc) is 3.12. The summed E-state index contributed by atoms with van der Waals surface area (Å²) < 4.78 is 46.7. The average molecular weight is 429 g/mol. The minimum absolute atomic E-state index is 0.194. The maximum atomic E-state index is 13.0. The van der Waals surface area contributed by atoms with Crippen LogP contribution in [-0.4, -0.2) is 39.6 Å². The third kappa shape index (κ3) is 3.78. The van der Waals surface area contributed by atoms with E-state index >= 15 is 0 Å². The summed E-state index contributed by atoms with van der Waals surface area (Å²) in [5.74, 6) is 1.58. The first-order chi connectivity index (χ1) is 14.9. The van der Waals surface area contributed by atoms with Crippen molar-refractivity contribution in [2.75, 3.05) is 20.2 Å². The van der Waals surface area contributed by atoms with Gasteiger partial charge in [-0.3, -0.25) is 4.90 Å². The van der Waals surface area contributed by atoms with Gasteiger partial charge in [0, 0.05) is 12.7 Å². The number of nitrogens with zero attached hydrogens (tertiary/aromatic N) is 4. The number of alkyl halides is 3. The van der Waals surface area contributed by atoms with Crippen LogP contribution in [0.4, 0.5) is 13.2 Å². The summed E-state index contributed by atoms with van der Waals surface area (Å²) in [7, 11) is 1.44. The SMILES string of the molecule is [11CH3]Oc1cc(C(F)(F)F)ccc1C1CCN(Cc2nc3nccc4c3n2CCC4)CC1. The molecule has 164 valence electrons. The Kier molecular flexibility index (Phi) is 5.12. The molecule has 0 spiro atoms. The molecule has 0 saturated carbocycles. The molecule has 1 fully saturated rings.